The molecule has 0 N–H and O–H groups in total. The molecule has 0 saturated heterocycles. The quantitative estimate of drug-likeness (QED) is 0.443. The molecular weight excluding hydrogens is 292 g/mol. The van der Waals surface area contributed by atoms with Crippen molar-refractivity contribution in [2.75, 3.05) is 21.3 Å². The van der Waals surface area contributed by atoms with E-state index in [4.69, 9.17) is 13.3 Å². The van der Waals surface area contributed by atoms with Crippen LogP contribution in [0.1, 0.15) is 0 Å². The van der Waals surface area contributed by atoms with E-state index in [-0.39, 0.29) is 0 Å². The second-order valence-electron chi connectivity index (χ2n) is 2.91. The molecule has 0 fully saturated rings. The molecule has 1 rings (SSSR count). The van der Waals surface area contributed by atoms with Gasteiger partial charge in [-0.3, -0.25) is 9.59 Å². The standard InChI is InChI=1S/C6F4O2.C3H10O3Si/c7-1-2(8)6(12)4(10)3(9)5(1)11;1-4-7(5-2)6-3/h;7H,1-3H3. The summed E-state index contributed by atoms with van der Waals surface area (Å²) in [5.41, 5.74) is 0. The molecule has 10 heteroatoms. The highest BCUT2D eigenvalue weighted by Gasteiger charge is 2.36. The van der Waals surface area contributed by atoms with Crippen LogP contribution in [0.15, 0.2) is 23.3 Å². The van der Waals surface area contributed by atoms with Crippen molar-refractivity contribution in [3.05, 3.63) is 23.3 Å². The lowest BCUT2D eigenvalue weighted by Crippen LogP contribution is -2.21. The van der Waals surface area contributed by atoms with Gasteiger partial charge in [-0.15, -0.1) is 0 Å². The number of ketones is 2. The summed E-state index contributed by atoms with van der Waals surface area (Å²) in [5, 5.41) is 0. The van der Waals surface area contributed by atoms with Crippen LogP contribution in [-0.4, -0.2) is 42.4 Å². The smallest absolute Gasteiger partial charge is 0.379 e. The maximum atomic E-state index is 12.1. The van der Waals surface area contributed by atoms with E-state index < -0.39 is 44.4 Å². The Balaban J connectivity index is 0.000000399. The molecule has 1 aliphatic carbocycles. The van der Waals surface area contributed by atoms with Crippen LogP contribution >= 0.6 is 0 Å². The molecule has 0 aliphatic heterocycles. The fourth-order valence-corrected chi connectivity index (χ4v) is 1.46. The molecule has 0 amide bonds. The van der Waals surface area contributed by atoms with Gasteiger partial charge in [-0.1, -0.05) is 0 Å². The van der Waals surface area contributed by atoms with Gasteiger partial charge in [0.1, 0.15) is 0 Å². The van der Waals surface area contributed by atoms with Crippen LogP contribution in [0.5, 0.6) is 0 Å². The summed E-state index contributed by atoms with van der Waals surface area (Å²) in [6, 6.07) is 0. The number of rotatable bonds is 3. The molecule has 108 valence electrons. The fourth-order valence-electron chi connectivity index (χ4n) is 0.880. The minimum absolute atomic E-state index is 1.57. The van der Waals surface area contributed by atoms with E-state index in [1.54, 1.807) is 21.3 Å². The van der Waals surface area contributed by atoms with Gasteiger partial charge in [0, 0.05) is 21.3 Å². The number of hydrogen-bond donors (Lipinski definition) is 0. The third kappa shape index (κ3) is 4.35. The summed E-state index contributed by atoms with van der Waals surface area (Å²) >= 11 is 0. The van der Waals surface area contributed by atoms with Gasteiger partial charge in [-0.25, -0.2) is 0 Å². The van der Waals surface area contributed by atoms with Crippen LogP contribution < -0.4 is 0 Å². The maximum absolute atomic E-state index is 12.1. The zero-order valence-electron chi connectivity index (χ0n) is 10.1. The summed E-state index contributed by atoms with van der Waals surface area (Å²) in [5.74, 6) is -12.9. The molecule has 0 heterocycles. The van der Waals surface area contributed by atoms with E-state index in [0.717, 1.165) is 0 Å². The van der Waals surface area contributed by atoms with E-state index in [2.05, 4.69) is 0 Å². The Hall–Kier alpha value is -1.36. The van der Waals surface area contributed by atoms with Crippen LogP contribution in [0, 0.1) is 0 Å². The zero-order chi connectivity index (χ0) is 15.2. The van der Waals surface area contributed by atoms with Crippen molar-refractivity contribution in [3.8, 4) is 0 Å². The average Bonchev–Trinajstić information content (AvgIpc) is 2.43. The highest BCUT2D eigenvalue weighted by molar-refractivity contribution is 6.36. The first-order chi connectivity index (χ1) is 8.81. The average molecular weight is 302 g/mol. The van der Waals surface area contributed by atoms with Crippen molar-refractivity contribution >= 4 is 21.1 Å². The molecule has 0 atom stereocenters. The minimum Gasteiger partial charge on any atom is -0.379 e. The van der Waals surface area contributed by atoms with Crippen LogP contribution in [0.3, 0.4) is 0 Å². The van der Waals surface area contributed by atoms with Gasteiger partial charge in [-0.2, -0.15) is 17.6 Å². The highest BCUT2D eigenvalue weighted by atomic mass is 28.3. The van der Waals surface area contributed by atoms with E-state index in [0.29, 0.717) is 0 Å². The van der Waals surface area contributed by atoms with Gasteiger partial charge in [-0.05, 0) is 0 Å². The van der Waals surface area contributed by atoms with Gasteiger partial charge >= 0.3 is 9.53 Å². The monoisotopic (exact) mass is 302 g/mol. The van der Waals surface area contributed by atoms with E-state index in [9.17, 15) is 27.2 Å². The molecular formula is C9H10F4O5Si. The first-order valence-corrected chi connectivity index (χ1v) is 6.01. The maximum Gasteiger partial charge on any atom is 0.483 e. The van der Waals surface area contributed by atoms with Crippen molar-refractivity contribution in [2.24, 2.45) is 0 Å². The van der Waals surface area contributed by atoms with Crippen molar-refractivity contribution in [3.63, 3.8) is 0 Å². The first-order valence-electron chi connectivity index (χ1n) is 4.60. The van der Waals surface area contributed by atoms with Crippen LogP contribution in [0.2, 0.25) is 0 Å². The Kier molecular flexibility index (Phi) is 7.37. The Labute approximate surface area is 107 Å². The molecule has 0 unspecified atom stereocenters. The number of carbonyl (C=O) groups is 2. The van der Waals surface area contributed by atoms with Crippen molar-refractivity contribution in [1.29, 1.82) is 0 Å². The zero-order valence-corrected chi connectivity index (χ0v) is 11.3. The van der Waals surface area contributed by atoms with Gasteiger partial charge in [0.15, 0.2) is 0 Å². The molecule has 0 aromatic rings. The Morgan fingerprint density at radius 1 is 0.684 bits per heavy atom. The number of halogens is 4. The molecule has 0 saturated carbocycles. The van der Waals surface area contributed by atoms with E-state index >= 15 is 0 Å². The lowest BCUT2D eigenvalue weighted by Gasteiger charge is -2.05. The molecule has 5 nitrogen and oxygen atoms in total. The van der Waals surface area contributed by atoms with Gasteiger partial charge < -0.3 is 13.3 Å². The Morgan fingerprint density at radius 3 is 1.00 bits per heavy atom. The molecule has 1 aliphatic rings. The number of carbonyl (C=O) groups excluding carboxylic acids is 2. The lowest BCUT2D eigenvalue weighted by molar-refractivity contribution is -0.120. The largest absolute Gasteiger partial charge is 0.483 e. The minimum atomic E-state index is -2.20. The summed E-state index contributed by atoms with van der Waals surface area (Å²) in [6.07, 6.45) is 0. The molecule has 0 bridgehead atoms. The van der Waals surface area contributed by atoms with Gasteiger partial charge in [0.2, 0.25) is 23.3 Å². The third-order valence-corrected chi connectivity index (χ3v) is 2.91. The van der Waals surface area contributed by atoms with Crippen LogP contribution in [-0.2, 0) is 22.9 Å². The van der Waals surface area contributed by atoms with Crippen LogP contribution in [0.25, 0.3) is 0 Å². The first kappa shape index (κ1) is 17.6. The molecule has 0 spiro atoms. The second kappa shape index (κ2) is 7.94. The molecule has 0 aromatic carbocycles. The second-order valence-corrected chi connectivity index (χ2v) is 4.90. The summed E-state index contributed by atoms with van der Waals surface area (Å²) in [4.78, 5) is 20.4. The number of allylic oxidation sites excluding steroid dienone is 4. The molecule has 0 aromatic heterocycles. The lowest BCUT2D eigenvalue weighted by atomic mass is 10.1. The van der Waals surface area contributed by atoms with Gasteiger partial charge in [0.25, 0.3) is 11.6 Å². The Morgan fingerprint density at radius 2 is 0.895 bits per heavy atom. The third-order valence-electron chi connectivity index (χ3n) is 1.76. The topological polar surface area (TPSA) is 61.8 Å². The number of Topliss-reactive ketones (excluding diaryl/α,β-unsaturated/α-hetero) is 2. The van der Waals surface area contributed by atoms with Crippen LogP contribution in [0.4, 0.5) is 17.6 Å². The van der Waals surface area contributed by atoms with Crippen molar-refractivity contribution in [2.45, 2.75) is 0 Å². The summed E-state index contributed by atoms with van der Waals surface area (Å²) in [6.45, 7) is 0. The predicted molar refractivity (Wildman–Crippen MR) is 56.7 cm³/mol. The van der Waals surface area contributed by atoms with Crippen molar-refractivity contribution in [1.82, 2.24) is 0 Å². The van der Waals surface area contributed by atoms with Gasteiger partial charge in [0.05, 0.1) is 0 Å². The normalized spacial score (nSPS) is 16.0. The fraction of sp³-hybridized carbons (Fsp3) is 0.333. The summed E-state index contributed by atoms with van der Waals surface area (Å²) < 4.78 is 62.8. The predicted octanol–water partition coefficient (Wildman–Crippen LogP) is 1.08. The van der Waals surface area contributed by atoms with E-state index in [1.807, 2.05) is 0 Å². The van der Waals surface area contributed by atoms with Crippen molar-refractivity contribution < 1.29 is 40.4 Å². The highest BCUT2D eigenvalue weighted by Crippen LogP contribution is 2.27. The van der Waals surface area contributed by atoms with E-state index in [1.165, 1.54) is 0 Å². The Bertz CT molecular complexity index is 363. The molecule has 0 radical (unpaired) electrons. The number of hydrogen-bond acceptors (Lipinski definition) is 5. The SMILES string of the molecule is CO[SiH](OC)OC.O=C1C(F)=C(F)C(=O)C(F)=C1F. The summed E-state index contributed by atoms with van der Waals surface area (Å²) in [7, 11) is 3.05. The molecule has 19 heavy (non-hydrogen) atoms.